The number of rotatable bonds is 1. The lowest BCUT2D eigenvalue weighted by Crippen LogP contribution is -2.59. The number of carbonyl (C=O) groups is 1. The van der Waals surface area contributed by atoms with E-state index >= 15 is 0 Å². The molecule has 0 unspecified atom stereocenters. The predicted molar refractivity (Wildman–Crippen MR) is 66.9 cm³/mol. The molecule has 0 radical (unpaired) electrons. The molecule has 4 nitrogen and oxygen atoms in total. The van der Waals surface area contributed by atoms with Gasteiger partial charge in [0.25, 0.3) is 0 Å². The minimum absolute atomic E-state index is 0.264. The van der Waals surface area contributed by atoms with Gasteiger partial charge in [-0.25, -0.2) is 4.79 Å². The van der Waals surface area contributed by atoms with Gasteiger partial charge in [0.05, 0.1) is 0 Å². The molecule has 17 heavy (non-hydrogen) atoms. The molecule has 4 heteroatoms. The van der Waals surface area contributed by atoms with Gasteiger partial charge in [0.1, 0.15) is 5.60 Å². The molecule has 0 aromatic carbocycles. The van der Waals surface area contributed by atoms with Crippen LogP contribution in [0.15, 0.2) is 0 Å². The zero-order valence-corrected chi connectivity index (χ0v) is 11.1. The van der Waals surface area contributed by atoms with Crippen molar-refractivity contribution in [1.82, 2.24) is 10.6 Å². The second kappa shape index (κ2) is 4.48. The first kappa shape index (κ1) is 12.7. The van der Waals surface area contributed by atoms with Crippen LogP contribution >= 0.6 is 0 Å². The van der Waals surface area contributed by atoms with Crippen molar-refractivity contribution >= 4 is 6.09 Å². The molecule has 1 saturated heterocycles. The average Bonchev–Trinajstić information content (AvgIpc) is 2.23. The number of carbonyl (C=O) groups excluding carboxylic acids is 1. The Hall–Kier alpha value is -0.770. The molecule has 2 rings (SSSR count). The highest BCUT2D eigenvalue weighted by molar-refractivity contribution is 5.68. The van der Waals surface area contributed by atoms with Gasteiger partial charge in [-0.15, -0.1) is 0 Å². The van der Waals surface area contributed by atoms with Crippen LogP contribution in [-0.2, 0) is 4.74 Å². The molecule has 0 bridgehead atoms. The fraction of sp³-hybridized carbons (Fsp3) is 0.923. The fourth-order valence-corrected chi connectivity index (χ4v) is 2.90. The van der Waals surface area contributed by atoms with Crippen LogP contribution in [0.1, 0.15) is 46.5 Å². The number of nitrogens with one attached hydrogen (secondary N) is 2. The topological polar surface area (TPSA) is 50.4 Å². The van der Waals surface area contributed by atoms with E-state index < -0.39 is 5.60 Å². The molecule has 1 aliphatic carbocycles. The first-order valence-electron chi connectivity index (χ1n) is 6.62. The second-order valence-electron chi connectivity index (χ2n) is 6.35. The van der Waals surface area contributed by atoms with Gasteiger partial charge in [0.15, 0.2) is 0 Å². The summed E-state index contributed by atoms with van der Waals surface area (Å²) >= 11 is 0. The standard InChI is InChI=1S/C13H24N2O2/c1-12(2,3)17-11(16)15-10-4-5-13(10)6-8-14-9-7-13/h10,14H,4-9H2,1-3H3,(H,15,16)/t10-/m1/s1. The minimum Gasteiger partial charge on any atom is -0.444 e. The summed E-state index contributed by atoms with van der Waals surface area (Å²) in [4.78, 5) is 11.7. The van der Waals surface area contributed by atoms with Crippen LogP contribution in [-0.4, -0.2) is 30.8 Å². The van der Waals surface area contributed by atoms with Gasteiger partial charge in [0, 0.05) is 6.04 Å². The van der Waals surface area contributed by atoms with E-state index in [1.807, 2.05) is 20.8 Å². The van der Waals surface area contributed by atoms with Crippen LogP contribution in [0.5, 0.6) is 0 Å². The van der Waals surface area contributed by atoms with Crippen molar-refractivity contribution in [2.45, 2.75) is 58.1 Å². The second-order valence-corrected chi connectivity index (χ2v) is 6.35. The predicted octanol–water partition coefficient (Wildman–Crippen LogP) is 2.04. The van der Waals surface area contributed by atoms with Gasteiger partial charge in [-0.3, -0.25) is 0 Å². The normalized spacial score (nSPS) is 27.4. The first-order valence-corrected chi connectivity index (χ1v) is 6.62. The Labute approximate surface area is 103 Å². The number of ether oxygens (including phenoxy) is 1. The monoisotopic (exact) mass is 240 g/mol. The highest BCUT2D eigenvalue weighted by Crippen LogP contribution is 2.47. The molecular weight excluding hydrogens is 216 g/mol. The summed E-state index contributed by atoms with van der Waals surface area (Å²) in [5.74, 6) is 0. The van der Waals surface area contributed by atoms with Crippen LogP contribution in [0.2, 0.25) is 0 Å². The van der Waals surface area contributed by atoms with E-state index in [0.29, 0.717) is 11.5 Å². The van der Waals surface area contributed by atoms with Crippen LogP contribution in [0, 0.1) is 5.41 Å². The van der Waals surface area contributed by atoms with Gasteiger partial charge in [-0.1, -0.05) is 0 Å². The summed E-state index contributed by atoms with van der Waals surface area (Å²) in [6.45, 7) is 7.84. The maximum absolute atomic E-state index is 11.7. The third-order valence-corrected chi connectivity index (χ3v) is 3.96. The van der Waals surface area contributed by atoms with Crippen molar-refractivity contribution in [3.05, 3.63) is 0 Å². The zero-order chi connectivity index (χ0) is 12.5. The molecule has 1 atom stereocenters. The van der Waals surface area contributed by atoms with E-state index in [2.05, 4.69) is 10.6 Å². The molecule has 1 spiro atoms. The number of hydrogen-bond donors (Lipinski definition) is 2. The van der Waals surface area contributed by atoms with Crippen LogP contribution in [0.25, 0.3) is 0 Å². The Morgan fingerprint density at radius 1 is 1.29 bits per heavy atom. The molecule has 2 fully saturated rings. The van der Waals surface area contributed by atoms with Crippen LogP contribution < -0.4 is 10.6 Å². The van der Waals surface area contributed by atoms with Gasteiger partial charge in [-0.05, 0) is 65.0 Å². The van der Waals surface area contributed by atoms with Gasteiger partial charge >= 0.3 is 6.09 Å². The summed E-state index contributed by atoms with van der Waals surface area (Å²) in [5, 5.41) is 6.42. The van der Waals surface area contributed by atoms with E-state index in [-0.39, 0.29) is 6.09 Å². The Kier molecular flexibility index (Phi) is 3.34. The molecule has 1 amide bonds. The van der Waals surface area contributed by atoms with Crippen molar-refractivity contribution in [3.63, 3.8) is 0 Å². The van der Waals surface area contributed by atoms with Crippen molar-refractivity contribution in [2.75, 3.05) is 13.1 Å². The lowest BCUT2D eigenvalue weighted by molar-refractivity contribution is 0.00812. The summed E-state index contributed by atoms with van der Waals surface area (Å²) in [6, 6.07) is 0.319. The Bertz CT molecular complexity index is 290. The molecule has 98 valence electrons. The molecule has 1 saturated carbocycles. The molecule has 2 aliphatic rings. The number of piperidine rings is 1. The fourth-order valence-electron chi connectivity index (χ4n) is 2.90. The maximum atomic E-state index is 11.7. The van der Waals surface area contributed by atoms with Crippen molar-refractivity contribution < 1.29 is 9.53 Å². The molecule has 0 aromatic rings. The summed E-state index contributed by atoms with van der Waals surface area (Å²) in [6.07, 6.45) is 4.43. The number of amides is 1. The van der Waals surface area contributed by atoms with Crippen LogP contribution in [0.4, 0.5) is 4.79 Å². The number of hydrogen-bond acceptors (Lipinski definition) is 3. The smallest absolute Gasteiger partial charge is 0.407 e. The third kappa shape index (κ3) is 2.92. The zero-order valence-electron chi connectivity index (χ0n) is 11.1. The minimum atomic E-state index is -0.408. The van der Waals surface area contributed by atoms with Crippen LogP contribution in [0.3, 0.4) is 0 Å². The Morgan fingerprint density at radius 2 is 1.94 bits per heavy atom. The molecule has 2 N–H and O–H groups in total. The highest BCUT2D eigenvalue weighted by atomic mass is 16.6. The van der Waals surface area contributed by atoms with E-state index in [1.54, 1.807) is 0 Å². The highest BCUT2D eigenvalue weighted by Gasteiger charge is 2.47. The van der Waals surface area contributed by atoms with Crippen molar-refractivity contribution in [1.29, 1.82) is 0 Å². The lowest BCUT2D eigenvalue weighted by atomic mass is 9.59. The molecular formula is C13H24N2O2. The Morgan fingerprint density at radius 3 is 2.41 bits per heavy atom. The van der Waals surface area contributed by atoms with E-state index in [0.717, 1.165) is 19.5 Å². The largest absolute Gasteiger partial charge is 0.444 e. The van der Waals surface area contributed by atoms with E-state index in [9.17, 15) is 4.79 Å². The summed E-state index contributed by atoms with van der Waals surface area (Å²) in [7, 11) is 0. The molecule has 1 heterocycles. The summed E-state index contributed by atoms with van der Waals surface area (Å²) < 4.78 is 5.31. The van der Waals surface area contributed by atoms with Crippen molar-refractivity contribution in [2.24, 2.45) is 5.41 Å². The first-order chi connectivity index (χ1) is 7.91. The molecule has 1 aliphatic heterocycles. The van der Waals surface area contributed by atoms with E-state index in [1.165, 1.54) is 19.3 Å². The lowest BCUT2D eigenvalue weighted by Gasteiger charge is -2.52. The quantitative estimate of drug-likeness (QED) is 0.737. The Balaban J connectivity index is 1.85. The maximum Gasteiger partial charge on any atom is 0.407 e. The van der Waals surface area contributed by atoms with Gasteiger partial charge in [0.2, 0.25) is 0 Å². The number of alkyl carbamates (subject to hydrolysis) is 1. The van der Waals surface area contributed by atoms with E-state index in [4.69, 9.17) is 4.74 Å². The SMILES string of the molecule is CC(C)(C)OC(=O)N[C@@H]1CCC12CCNCC2. The van der Waals surface area contributed by atoms with Gasteiger partial charge < -0.3 is 15.4 Å². The third-order valence-electron chi connectivity index (χ3n) is 3.96. The summed E-state index contributed by atoms with van der Waals surface area (Å²) in [5.41, 5.74) is -0.0583. The van der Waals surface area contributed by atoms with Gasteiger partial charge in [-0.2, -0.15) is 0 Å². The van der Waals surface area contributed by atoms with Crippen molar-refractivity contribution in [3.8, 4) is 0 Å². The average molecular weight is 240 g/mol. The molecule has 0 aromatic heterocycles.